The van der Waals surface area contributed by atoms with Crippen LogP contribution in [-0.4, -0.2) is 21.9 Å². The summed E-state index contributed by atoms with van der Waals surface area (Å²) in [6.45, 7) is 2.61. The van der Waals surface area contributed by atoms with Gasteiger partial charge in [0.15, 0.2) is 0 Å². The van der Waals surface area contributed by atoms with Crippen LogP contribution in [0.4, 0.5) is 8.78 Å². The average molecular weight is 390 g/mol. The van der Waals surface area contributed by atoms with Gasteiger partial charge >= 0.3 is 12.5 Å². The normalized spacial score (nSPS) is 14.5. The van der Waals surface area contributed by atoms with Crippen LogP contribution in [0.5, 0.6) is 0 Å². The molecule has 0 saturated heterocycles. The van der Waals surface area contributed by atoms with Crippen LogP contribution in [0.25, 0.3) is 11.1 Å². The van der Waals surface area contributed by atoms with Crippen LogP contribution in [0.2, 0.25) is 0 Å². The molecule has 2 unspecified atom stereocenters. The molecule has 1 aromatic heterocycles. The number of ether oxygens (including phenoxy) is 1. The van der Waals surface area contributed by atoms with E-state index in [9.17, 15) is 13.6 Å². The van der Waals surface area contributed by atoms with Crippen molar-refractivity contribution in [2.75, 3.05) is 0 Å². The lowest BCUT2D eigenvalue weighted by atomic mass is 9.81. The lowest BCUT2D eigenvalue weighted by molar-refractivity contribution is -0.155. The van der Waals surface area contributed by atoms with Crippen molar-refractivity contribution in [2.45, 2.75) is 51.8 Å². The van der Waals surface area contributed by atoms with Gasteiger partial charge in [-0.05, 0) is 37.3 Å². The summed E-state index contributed by atoms with van der Waals surface area (Å²) >= 11 is 0. The van der Waals surface area contributed by atoms with E-state index in [0.717, 1.165) is 0 Å². The smallest absolute Gasteiger partial charge is 0.333 e. The molecule has 0 amide bonds. The minimum Gasteiger partial charge on any atom is -0.461 e. The van der Waals surface area contributed by atoms with Crippen molar-refractivity contribution < 1.29 is 18.3 Å². The van der Waals surface area contributed by atoms with Gasteiger partial charge in [-0.15, -0.1) is 0 Å². The van der Waals surface area contributed by atoms with Gasteiger partial charge in [-0.2, -0.15) is 19.1 Å². The van der Waals surface area contributed by atoms with Crippen molar-refractivity contribution in [3.05, 3.63) is 42.2 Å². The number of alkyl halides is 2. The van der Waals surface area contributed by atoms with Crippen molar-refractivity contribution >= 4 is 5.97 Å². The van der Waals surface area contributed by atoms with Crippen molar-refractivity contribution in [3.63, 3.8) is 0 Å². The van der Waals surface area contributed by atoms with Crippen LogP contribution >= 0.6 is 0 Å². The third-order valence-corrected chi connectivity index (χ3v) is 4.35. The first-order valence-electron chi connectivity index (χ1n) is 8.97. The molecule has 2 rings (SSSR count). The fourth-order valence-electron chi connectivity index (χ4n) is 2.97. The molecule has 0 fully saturated rings. The Hall–Kier alpha value is -2.79. The standard InChI is InChI=1S/C20H24F2N4O2/c1-13(2)28-18(27)20(24,10-14(3)8-9-23)17-6-4-15(5-7-17)16-11-25-26(12-16)19(21)22/h4-7,11-14,19H,8,10,24H2,1-3H3. The third-order valence-electron chi connectivity index (χ3n) is 4.35. The Morgan fingerprint density at radius 1 is 1.29 bits per heavy atom. The second kappa shape index (κ2) is 8.93. The van der Waals surface area contributed by atoms with Gasteiger partial charge in [0, 0.05) is 18.2 Å². The van der Waals surface area contributed by atoms with Crippen LogP contribution in [0.3, 0.4) is 0 Å². The number of benzene rings is 1. The molecule has 2 aromatic rings. The highest BCUT2D eigenvalue weighted by Gasteiger charge is 2.39. The number of esters is 1. The molecular weight excluding hydrogens is 366 g/mol. The molecule has 1 aromatic carbocycles. The zero-order chi connectivity index (χ0) is 20.9. The fraction of sp³-hybridized carbons (Fsp3) is 0.450. The number of nitrogens with two attached hydrogens (primary N) is 1. The molecular formula is C20H24F2N4O2. The van der Waals surface area contributed by atoms with E-state index in [-0.39, 0.29) is 24.9 Å². The van der Waals surface area contributed by atoms with Crippen molar-refractivity contribution in [1.29, 1.82) is 5.26 Å². The van der Waals surface area contributed by atoms with Crippen molar-refractivity contribution in [2.24, 2.45) is 11.7 Å². The summed E-state index contributed by atoms with van der Waals surface area (Å²) in [6, 6.07) is 8.83. The van der Waals surface area contributed by atoms with Gasteiger partial charge in [0.25, 0.3) is 0 Å². The Kier molecular flexibility index (Phi) is 6.86. The molecule has 0 bridgehead atoms. The van der Waals surface area contributed by atoms with Gasteiger partial charge in [-0.25, -0.2) is 9.48 Å². The largest absolute Gasteiger partial charge is 0.461 e. The van der Waals surface area contributed by atoms with Crippen molar-refractivity contribution in [3.8, 4) is 17.2 Å². The number of aromatic nitrogens is 2. The molecule has 0 aliphatic heterocycles. The highest BCUT2D eigenvalue weighted by atomic mass is 19.3. The number of hydrogen-bond acceptors (Lipinski definition) is 5. The summed E-state index contributed by atoms with van der Waals surface area (Å²) < 4.78 is 31.3. The summed E-state index contributed by atoms with van der Waals surface area (Å²) in [4.78, 5) is 12.7. The second-order valence-electron chi connectivity index (χ2n) is 7.16. The zero-order valence-corrected chi connectivity index (χ0v) is 16.1. The number of carbonyl (C=O) groups excluding carboxylic acids is 1. The van der Waals surface area contributed by atoms with Crippen LogP contribution < -0.4 is 5.73 Å². The van der Waals surface area contributed by atoms with Gasteiger partial charge < -0.3 is 10.5 Å². The van der Waals surface area contributed by atoms with Crippen LogP contribution in [-0.2, 0) is 15.1 Å². The highest BCUT2D eigenvalue weighted by molar-refractivity contribution is 5.83. The maximum Gasteiger partial charge on any atom is 0.333 e. The minimum atomic E-state index is -2.71. The summed E-state index contributed by atoms with van der Waals surface area (Å²) in [5, 5.41) is 12.5. The topological polar surface area (TPSA) is 93.9 Å². The Labute approximate surface area is 162 Å². The lowest BCUT2D eigenvalue weighted by Crippen LogP contribution is -2.48. The molecule has 0 spiro atoms. The molecule has 0 radical (unpaired) electrons. The average Bonchev–Trinajstić information content (AvgIpc) is 3.11. The van der Waals surface area contributed by atoms with E-state index >= 15 is 0 Å². The first kappa shape index (κ1) is 21.5. The maximum atomic E-state index is 12.7. The van der Waals surface area contributed by atoms with Gasteiger partial charge in [-0.3, -0.25) is 0 Å². The number of nitriles is 1. The summed E-state index contributed by atoms with van der Waals surface area (Å²) in [7, 11) is 0. The SMILES string of the molecule is CC(CC#N)CC(N)(C(=O)OC(C)C)c1ccc(-c2cnn(C(F)F)c2)cc1. The van der Waals surface area contributed by atoms with Crippen LogP contribution in [0.15, 0.2) is 36.7 Å². The number of nitrogens with zero attached hydrogens (tertiary/aromatic N) is 3. The number of rotatable bonds is 8. The third kappa shape index (κ3) is 4.93. The quantitative estimate of drug-likeness (QED) is 0.688. The Morgan fingerprint density at radius 2 is 1.93 bits per heavy atom. The first-order chi connectivity index (χ1) is 13.2. The Morgan fingerprint density at radius 3 is 2.43 bits per heavy atom. The lowest BCUT2D eigenvalue weighted by Gasteiger charge is -2.31. The Balaban J connectivity index is 2.34. The zero-order valence-electron chi connectivity index (χ0n) is 16.1. The molecule has 2 N–H and O–H groups in total. The van der Waals surface area contributed by atoms with Crippen LogP contribution in [0.1, 0.15) is 45.7 Å². The summed E-state index contributed by atoms with van der Waals surface area (Å²) in [5.41, 5.74) is 6.79. The maximum absolute atomic E-state index is 12.7. The van der Waals surface area contributed by atoms with E-state index in [0.29, 0.717) is 21.4 Å². The van der Waals surface area contributed by atoms with E-state index in [1.807, 2.05) is 6.92 Å². The first-order valence-corrected chi connectivity index (χ1v) is 8.97. The molecule has 8 heteroatoms. The van der Waals surface area contributed by atoms with Crippen molar-refractivity contribution in [1.82, 2.24) is 9.78 Å². The van der Waals surface area contributed by atoms with Gasteiger partial charge in [0.1, 0.15) is 5.54 Å². The molecule has 1 heterocycles. The van der Waals surface area contributed by atoms with E-state index in [1.54, 1.807) is 38.1 Å². The highest BCUT2D eigenvalue weighted by Crippen LogP contribution is 2.31. The molecule has 2 atom stereocenters. The molecule has 0 aliphatic carbocycles. The van der Waals surface area contributed by atoms with E-state index in [2.05, 4.69) is 11.2 Å². The van der Waals surface area contributed by atoms with Gasteiger partial charge in [-0.1, -0.05) is 31.2 Å². The molecule has 6 nitrogen and oxygen atoms in total. The Bertz CT molecular complexity index is 843. The monoisotopic (exact) mass is 390 g/mol. The van der Waals surface area contributed by atoms with E-state index in [4.69, 9.17) is 15.7 Å². The predicted molar refractivity (Wildman–Crippen MR) is 100 cm³/mol. The molecule has 150 valence electrons. The number of hydrogen-bond donors (Lipinski definition) is 1. The fourth-order valence-corrected chi connectivity index (χ4v) is 2.97. The minimum absolute atomic E-state index is 0.112. The molecule has 0 saturated carbocycles. The second-order valence-corrected chi connectivity index (χ2v) is 7.16. The molecule has 28 heavy (non-hydrogen) atoms. The summed E-state index contributed by atoms with van der Waals surface area (Å²) in [6.07, 6.45) is 2.77. The van der Waals surface area contributed by atoms with E-state index < -0.39 is 18.1 Å². The summed E-state index contributed by atoms with van der Waals surface area (Å²) in [5.74, 6) is -0.677. The van der Waals surface area contributed by atoms with E-state index in [1.165, 1.54) is 12.4 Å². The van der Waals surface area contributed by atoms with Gasteiger partial charge in [0.2, 0.25) is 0 Å². The number of halogens is 2. The molecule has 0 aliphatic rings. The number of carbonyl (C=O) groups is 1. The van der Waals surface area contributed by atoms with Crippen LogP contribution in [0, 0.1) is 17.2 Å². The predicted octanol–water partition coefficient (Wildman–Crippen LogP) is 3.99. The van der Waals surface area contributed by atoms with Gasteiger partial charge in [0.05, 0.1) is 18.4 Å².